The fourth-order valence-corrected chi connectivity index (χ4v) is 2.52. The molecule has 13 heavy (non-hydrogen) atoms. The number of furan rings is 1. The van der Waals surface area contributed by atoms with Gasteiger partial charge in [-0.05, 0) is 18.6 Å². The Hall–Kier alpha value is -0.770. The first-order valence-electron chi connectivity index (χ1n) is 4.37. The van der Waals surface area contributed by atoms with Gasteiger partial charge in [-0.15, -0.1) is 0 Å². The van der Waals surface area contributed by atoms with Crippen LogP contribution in [0.3, 0.4) is 0 Å². The van der Waals surface area contributed by atoms with E-state index in [1.54, 1.807) is 12.1 Å². The summed E-state index contributed by atoms with van der Waals surface area (Å²) in [7, 11) is -2.96. The molecule has 0 atom stereocenters. The topological polar surface area (TPSA) is 47.3 Å². The summed E-state index contributed by atoms with van der Waals surface area (Å²) < 4.78 is 27.8. The van der Waals surface area contributed by atoms with E-state index in [2.05, 4.69) is 0 Å². The van der Waals surface area contributed by atoms with Crippen LogP contribution in [-0.2, 0) is 15.6 Å². The molecule has 0 aliphatic heterocycles. The summed E-state index contributed by atoms with van der Waals surface area (Å²) in [6, 6.07) is 3.38. The Morgan fingerprint density at radius 3 is 2.77 bits per heavy atom. The summed E-state index contributed by atoms with van der Waals surface area (Å²) in [4.78, 5) is 0. The number of sulfone groups is 1. The van der Waals surface area contributed by atoms with Crippen molar-refractivity contribution in [1.82, 2.24) is 0 Å². The number of hydrogen-bond acceptors (Lipinski definition) is 3. The Kier molecular flexibility index (Phi) is 3.54. The molecule has 3 nitrogen and oxygen atoms in total. The first-order valence-corrected chi connectivity index (χ1v) is 6.19. The minimum absolute atomic E-state index is 0.0278. The second kappa shape index (κ2) is 4.46. The van der Waals surface area contributed by atoms with Gasteiger partial charge in [0.05, 0.1) is 12.0 Å². The maximum atomic E-state index is 11.4. The maximum Gasteiger partial charge on any atom is 0.157 e. The van der Waals surface area contributed by atoms with Crippen LogP contribution >= 0.6 is 0 Å². The van der Waals surface area contributed by atoms with Gasteiger partial charge in [0.1, 0.15) is 11.5 Å². The Bertz CT molecular complexity index is 324. The van der Waals surface area contributed by atoms with E-state index in [1.807, 2.05) is 6.92 Å². The van der Waals surface area contributed by atoms with Crippen LogP contribution in [0.25, 0.3) is 0 Å². The van der Waals surface area contributed by atoms with E-state index in [1.165, 1.54) is 6.26 Å². The molecule has 0 amide bonds. The zero-order chi connectivity index (χ0) is 9.73. The number of rotatable bonds is 5. The molecule has 0 aliphatic carbocycles. The molecule has 1 heterocycles. The third-order valence-corrected chi connectivity index (χ3v) is 3.39. The Labute approximate surface area is 78.7 Å². The normalized spacial score (nSPS) is 11.8. The zero-order valence-electron chi connectivity index (χ0n) is 7.69. The predicted octanol–water partition coefficient (Wildman–Crippen LogP) is 1.99. The summed E-state index contributed by atoms with van der Waals surface area (Å²) in [5.41, 5.74) is 0. The smallest absolute Gasteiger partial charge is 0.157 e. The van der Waals surface area contributed by atoms with Crippen molar-refractivity contribution in [3.05, 3.63) is 24.2 Å². The highest BCUT2D eigenvalue weighted by Gasteiger charge is 2.12. The van der Waals surface area contributed by atoms with Crippen molar-refractivity contribution >= 4 is 9.84 Å². The zero-order valence-corrected chi connectivity index (χ0v) is 8.51. The van der Waals surface area contributed by atoms with Crippen LogP contribution in [0.2, 0.25) is 0 Å². The van der Waals surface area contributed by atoms with E-state index in [0.717, 1.165) is 12.8 Å². The number of hydrogen-bond donors (Lipinski definition) is 0. The molecule has 0 bridgehead atoms. The third-order valence-electron chi connectivity index (χ3n) is 1.75. The lowest BCUT2D eigenvalue weighted by Crippen LogP contribution is -2.08. The molecule has 0 aromatic carbocycles. The molecule has 0 radical (unpaired) electrons. The molecule has 0 saturated heterocycles. The van der Waals surface area contributed by atoms with Crippen LogP contribution in [0.4, 0.5) is 0 Å². The van der Waals surface area contributed by atoms with Crippen molar-refractivity contribution in [3.8, 4) is 0 Å². The predicted molar refractivity (Wildman–Crippen MR) is 51.1 cm³/mol. The van der Waals surface area contributed by atoms with E-state index in [0.29, 0.717) is 5.76 Å². The quantitative estimate of drug-likeness (QED) is 0.733. The Morgan fingerprint density at radius 1 is 1.46 bits per heavy atom. The van der Waals surface area contributed by atoms with Gasteiger partial charge in [-0.3, -0.25) is 0 Å². The molecule has 0 unspecified atom stereocenters. The molecule has 0 spiro atoms. The van der Waals surface area contributed by atoms with Gasteiger partial charge in [0, 0.05) is 0 Å². The molecular weight excluding hydrogens is 188 g/mol. The van der Waals surface area contributed by atoms with Crippen molar-refractivity contribution in [3.63, 3.8) is 0 Å². The van der Waals surface area contributed by atoms with Crippen molar-refractivity contribution < 1.29 is 12.8 Å². The first kappa shape index (κ1) is 10.3. The Morgan fingerprint density at radius 2 is 2.23 bits per heavy atom. The molecule has 74 valence electrons. The maximum absolute atomic E-state index is 11.4. The van der Waals surface area contributed by atoms with Crippen LogP contribution in [-0.4, -0.2) is 14.2 Å². The highest BCUT2D eigenvalue weighted by atomic mass is 32.2. The van der Waals surface area contributed by atoms with Gasteiger partial charge in [0.25, 0.3) is 0 Å². The highest BCUT2D eigenvalue weighted by molar-refractivity contribution is 7.90. The average molecular weight is 202 g/mol. The van der Waals surface area contributed by atoms with Gasteiger partial charge >= 0.3 is 0 Å². The SMILES string of the molecule is CCCCS(=O)(=O)Cc1ccco1. The van der Waals surface area contributed by atoms with Crippen molar-refractivity contribution in [2.24, 2.45) is 0 Å². The van der Waals surface area contributed by atoms with Gasteiger partial charge in [0.2, 0.25) is 0 Å². The van der Waals surface area contributed by atoms with Crippen molar-refractivity contribution in [1.29, 1.82) is 0 Å². The summed E-state index contributed by atoms with van der Waals surface area (Å²) in [5, 5.41) is 0. The molecule has 1 aromatic rings. The third kappa shape index (κ3) is 3.63. The molecular formula is C9H14O3S. The van der Waals surface area contributed by atoms with Crippen LogP contribution in [0, 0.1) is 0 Å². The summed E-state index contributed by atoms with van der Waals surface area (Å²) in [5.74, 6) is 0.806. The molecule has 0 N–H and O–H groups in total. The summed E-state index contributed by atoms with van der Waals surface area (Å²) in [6.45, 7) is 1.97. The van der Waals surface area contributed by atoms with Crippen molar-refractivity contribution in [2.75, 3.05) is 5.75 Å². The van der Waals surface area contributed by atoms with Crippen LogP contribution in [0.5, 0.6) is 0 Å². The summed E-state index contributed by atoms with van der Waals surface area (Å²) >= 11 is 0. The van der Waals surface area contributed by atoms with E-state index in [4.69, 9.17) is 4.42 Å². The first-order chi connectivity index (χ1) is 6.14. The van der Waals surface area contributed by atoms with E-state index in [9.17, 15) is 8.42 Å². The lowest BCUT2D eigenvalue weighted by Gasteiger charge is -1.99. The average Bonchev–Trinajstić information content (AvgIpc) is 2.52. The van der Waals surface area contributed by atoms with Gasteiger partial charge in [-0.25, -0.2) is 8.42 Å². The highest BCUT2D eigenvalue weighted by Crippen LogP contribution is 2.08. The Balaban J connectivity index is 2.53. The lowest BCUT2D eigenvalue weighted by atomic mass is 10.4. The van der Waals surface area contributed by atoms with Crippen LogP contribution in [0.1, 0.15) is 25.5 Å². The van der Waals surface area contributed by atoms with Gasteiger partial charge in [0.15, 0.2) is 9.84 Å². The molecule has 0 fully saturated rings. The second-order valence-corrected chi connectivity index (χ2v) is 5.21. The van der Waals surface area contributed by atoms with E-state index < -0.39 is 9.84 Å². The van der Waals surface area contributed by atoms with Gasteiger partial charge in [-0.1, -0.05) is 13.3 Å². The second-order valence-electron chi connectivity index (χ2n) is 3.02. The minimum atomic E-state index is -2.96. The molecule has 0 aliphatic rings. The summed E-state index contributed by atoms with van der Waals surface area (Å²) in [6.07, 6.45) is 3.12. The molecule has 4 heteroatoms. The van der Waals surface area contributed by atoms with Crippen LogP contribution < -0.4 is 0 Å². The fraction of sp³-hybridized carbons (Fsp3) is 0.556. The van der Waals surface area contributed by atoms with Crippen molar-refractivity contribution in [2.45, 2.75) is 25.5 Å². The van der Waals surface area contributed by atoms with Gasteiger partial charge < -0.3 is 4.42 Å². The standard InChI is InChI=1S/C9H14O3S/c1-2-3-7-13(10,11)8-9-5-4-6-12-9/h4-6H,2-3,7-8H2,1H3. The molecule has 0 saturated carbocycles. The monoisotopic (exact) mass is 202 g/mol. The lowest BCUT2D eigenvalue weighted by molar-refractivity contribution is 0.520. The fourth-order valence-electron chi connectivity index (χ4n) is 1.05. The van der Waals surface area contributed by atoms with E-state index >= 15 is 0 Å². The van der Waals surface area contributed by atoms with Crippen LogP contribution in [0.15, 0.2) is 22.8 Å². The number of unbranched alkanes of at least 4 members (excludes halogenated alkanes) is 1. The van der Waals surface area contributed by atoms with E-state index in [-0.39, 0.29) is 11.5 Å². The molecule has 1 aromatic heterocycles. The minimum Gasteiger partial charge on any atom is -0.468 e. The van der Waals surface area contributed by atoms with Gasteiger partial charge in [-0.2, -0.15) is 0 Å². The molecule has 1 rings (SSSR count). The largest absolute Gasteiger partial charge is 0.468 e.